The smallest absolute Gasteiger partial charge is 0.302 e. The average molecular weight is 395 g/mol. The van der Waals surface area contributed by atoms with Crippen LogP contribution in [0.3, 0.4) is 0 Å². The van der Waals surface area contributed by atoms with Crippen LogP contribution in [-0.4, -0.2) is 48.1 Å². The SMILES string of the molecule is CC1=CC=NC(N)C1/C(=N\N[C@@H]1CCCNC1)C(=O)Nc1nc2ccccc2o1. The predicted octanol–water partition coefficient (Wildman–Crippen LogP) is 1.40. The number of benzene rings is 1. The van der Waals surface area contributed by atoms with Crippen LogP contribution in [0.1, 0.15) is 19.8 Å². The summed E-state index contributed by atoms with van der Waals surface area (Å²) in [7, 11) is 0. The second-order valence-electron chi connectivity index (χ2n) is 7.29. The van der Waals surface area contributed by atoms with Gasteiger partial charge < -0.3 is 20.9 Å². The van der Waals surface area contributed by atoms with Crippen LogP contribution in [0.25, 0.3) is 11.1 Å². The molecule has 152 valence electrons. The molecule has 0 aliphatic carbocycles. The molecule has 0 radical (unpaired) electrons. The summed E-state index contributed by atoms with van der Waals surface area (Å²) >= 11 is 0. The van der Waals surface area contributed by atoms with Crippen LogP contribution in [0.4, 0.5) is 6.01 Å². The first-order chi connectivity index (χ1) is 14.1. The number of carbonyl (C=O) groups is 1. The number of dihydropyridines is 1. The van der Waals surface area contributed by atoms with Crippen LogP contribution < -0.4 is 21.8 Å². The number of nitrogens with two attached hydrogens (primary N) is 1. The van der Waals surface area contributed by atoms with Crippen LogP contribution in [0.2, 0.25) is 0 Å². The third-order valence-electron chi connectivity index (χ3n) is 5.13. The van der Waals surface area contributed by atoms with E-state index in [4.69, 9.17) is 10.2 Å². The minimum absolute atomic E-state index is 0.123. The van der Waals surface area contributed by atoms with Crippen molar-refractivity contribution in [1.29, 1.82) is 0 Å². The molecule has 2 aliphatic rings. The number of allylic oxidation sites excluding steroid dienone is 1. The summed E-state index contributed by atoms with van der Waals surface area (Å²) < 4.78 is 5.62. The van der Waals surface area contributed by atoms with E-state index in [1.54, 1.807) is 12.3 Å². The van der Waals surface area contributed by atoms with Gasteiger partial charge in [-0.05, 0) is 44.5 Å². The molecule has 1 amide bonds. The number of anilines is 1. The molecule has 3 heterocycles. The Hall–Kier alpha value is -3.04. The Labute approximate surface area is 168 Å². The minimum Gasteiger partial charge on any atom is -0.423 e. The number of rotatable bonds is 5. The first kappa shape index (κ1) is 19.3. The average Bonchev–Trinajstić information content (AvgIpc) is 3.13. The molecule has 1 aromatic heterocycles. The Morgan fingerprint density at radius 2 is 2.24 bits per heavy atom. The van der Waals surface area contributed by atoms with Crippen molar-refractivity contribution in [2.24, 2.45) is 21.7 Å². The second-order valence-corrected chi connectivity index (χ2v) is 7.29. The van der Waals surface area contributed by atoms with E-state index in [-0.39, 0.29) is 17.8 Å². The van der Waals surface area contributed by atoms with Crippen molar-refractivity contribution < 1.29 is 9.21 Å². The molecule has 5 N–H and O–H groups in total. The summed E-state index contributed by atoms with van der Waals surface area (Å²) in [6.07, 6.45) is 4.97. The Morgan fingerprint density at radius 1 is 1.38 bits per heavy atom. The Bertz CT molecular complexity index is 939. The quantitative estimate of drug-likeness (QED) is 0.447. The lowest BCUT2D eigenvalue weighted by molar-refractivity contribution is -0.110. The zero-order valence-corrected chi connectivity index (χ0v) is 16.3. The summed E-state index contributed by atoms with van der Waals surface area (Å²) in [6.45, 7) is 3.71. The number of nitrogens with zero attached hydrogens (tertiary/aromatic N) is 3. The van der Waals surface area contributed by atoms with Crippen molar-refractivity contribution in [3.05, 3.63) is 35.9 Å². The molecule has 1 aromatic carbocycles. The lowest BCUT2D eigenvalue weighted by atomic mass is 9.90. The topological polar surface area (TPSA) is 130 Å². The highest BCUT2D eigenvalue weighted by molar-refractivity contribution is 6.44. The van der Waals surface area contributed by atoms with Crippen LogP contribution in [-0.2, 0) is 4.79 Å². The Kier molecular flexibility index (Phi) is 5.68. The van der Waals surface area contributed by atoms with Gasteiger partial charge in [0.2, 0.25) is 0 Å². The number of aromatic nitrogens is 1. The van der Waals surface area contributed by atoms with Crippen LogP contribution in [0.5, 0.6) is 0 Å². The van der Waals surface area contributed by atoms with Gasteiger partial charge in [0.25, 0.3) is 5.91 Å². The van der Waals surface area contributed by atoms with Crippen molar-refractivity contribution in [2.45, 2.75) is 32.0 Å². The number of carbonyl (C=O) groups excluding carboxylic acids is 1. The zero-order chi connectivity index (χ0) is 20.2. The highest BCUT2D eigenvalue weighted by Gasteiger charge is 2.32. The van der Waals surface area contributed by atoms with Gasteiger partial charge in [-0.3, -0.25) is 15.1 Å². The molecule has 9 heteroatoms. The number of hydrazone groups is 1. The number of hydrogen-bond acceptors (Lipinski definition) is 8. The fourth-order valence-electron chi connectivity index (χ4n) is 3.57. The molecule has 4 rings (SSSR count). The molecule has 9 nitrogen and oxygen atoms in total. The second kappa shape index (κ2) is 8.54. The van der Waals surface area contributed by atoms with E-state index in [1.807, 2.05) is 31.2 Å². The third-order valence-corrected chi connectivity index (χ3v) is 5.13. The minimum atomic E-state index is -0.584. The van der Waals surface area contributed by atoms with Crippen molar-refractivity contribution in [3.8, 4) is 0 Å². The van der Waals surface area contributed by atoms with Crippen molar-refractivity contribution in [3.63, 3.8) is 0 Å². The number of oxazole rings is 1. The fraction of sp³-hybridized carbons (Fsp3) is 0.400. The lowest BCUT2D eigenvalue weighted by Crippen LogP contribution is -2.45. The largest absolute Gasteiger partial charge is 0.423 e. The molecule has 3 atom stereocenters. The van der Waals surface area contributed by atoms with E-state index in [2.05, 4.69) is 31.1 Å². The Balaban J connectivity index is 1.58. The highest BCUT2D eigenvalue weighted by Crippen LogP contribution is 2.22. The van der Waals surface area contributed by atoms with Gasteiger partial charge in [0.15, 0.2) is 5.58 Å². The van der Waals surface area contributed by atoms with Crippen molar-refractivity contribution in [1.82, 2.24) is 15.7 Å². The molecule has 0 spiro atoms. The van der Waals surface area contributed by atoms with E-state index in [9.17, 15) is 4.79 Å². The van der Waals surface area contributed by atoms with E-state index in [1.165, 1.54) is 0 Å². The molecule has 1 fully saturated rings. The summed E-state index contributed by atoms with van der Waals surface area (Å²) in [6, 6.07) is 7.60. The van der Waals surface area contributed by atoms with Gasteiger partial charge in [0.1, 0.15) is 17.4 Å². The molecule has 0 saturated carbocycles. The van der Waals surface area contributed by atoms with Gasteiger partial charge in [-0.2, -0.15) is 10.1 Å². The van der Waals surface area contributed by atoms with Gasteiger partial charge in [-0.15, -0.1) is 0 Å². The third kappa shape index (κ3) is 4.36. The van der Waals surface area contributed by atoms with E-state index in [0.717, 1.165) is 31.5 Å². The molecular weight excluding hydrogens is 370 g/mol. The van der Waals surface area contributed by atoms with Gasteiger partial charge in [0.05, 0.1) is 12.0 Å². The molecule has 2 unspecified atom stereocenters. The van der Waals surface area contributed by atoms with E-state index in [0.29, 0.717) is 11.1 Å². The number of hydrogen-bond donors (Lipinski definition) is 4. The van der Waals surface area contributed by atoms with Crippen LogP contribution in [0, 0.1) is 5.92 Å². The van der Waals surface area contributed by atoms with Gasteiger partial charge >= 0.3 is 6.01 Å². The van der Waals surface area contributed by atoms with Gasteiger partial charge in [0, 0.05) is 12.8 Å². The molecule has 0 bridgehead atoms. The highest BCUT2D eigenvalue weighted by atomic mass is 16.4. The lowest BCUT2D eigenvalue weighted by Gasteiger charge is -2.27. The van der Waals surface area contributed by atoms with E-state index < -0.39 is 18.0 Å². The number of aliphatic imine (C=N–C) groups is 1. The molecular formula is C20H25N7O2. The number of fused-ring (bicyclic) bond motifs is 1. The number of para-hydroxylation sites is 2. The maximum atomic E-state index is 13.1. The van der Waals surface area contributed by atoms with E-state index >= 15 is 0 Å². The van der Waals surface area contributed by atoms with Crippen LogP contribution >= 0.6 is 0 Å². The van der Waals surface area contributed by atoms with Gasteiger partial charge in [-0.1, -0.05) is 17.7 Å². The summed E-state index contributed by atoms with van der Waals surface area (Å²) in [5, 5.41) is 10.5. The number of piperidine rings is 1. The number of amides is 1. The van der Waals surface area contributed by atoms with Crippen molar-refractivity contribution >= 4 is 34.9 Å². The summed E-state index contributed by atoms with van der Waals surface area (Å²) in [5.74, 6) is -0.855. The molecule has 2 aromatic rings. The normalized spacial score (nSPS) is 25.0. The molecule has 2 aliphatic heterocycles. The first-order valence-corrected chi connectivity index (χ1v) is 9.78. The summed E-state index contributed by atoms with van der Waals surface area (Å²) in [5.41, 5.74) is 11.8. The first-order valence-electron chi connectivity index (χ1n) is 9.78. The summed E-state index contributed by atoms with van der Waals surface area (Å²) in [4.78, 5) is 21.7. The Morgan fingerprint density at radius 3 is 3.00 bits per heavy atom. The maximum absolute atomic E-state index is 13.1. The monoisotopic (exact) mass is 395 g/mol. The molecule has 29 heavy (non-hydrogen) atoms. The maximum Gasteiger partial charge on any atom is 0.302 e. The standard InChI is InChI=1S/C20H25N7O2/c1-12-8-10-23-18(21)16(12)17(27-26-13-5-4-9-22-11-13)19(28)25-20-24-14-6-2-3-7-15(14)29-20/h2-3,6-8,10,13,16,18,22,26H,4-5,9,11,21H2,1H3,(H,24,25,28)/b27-17+/t13-,16?,18?/m1/s1. The van der Waals surface area contributed by atoms with Gasteiger partial charge in [-0.25, -0.2) is 0 Å². The molecule has 1 saturated heterocycles. The fourth-order valence-corrected chi connectivity index (χ4v) is 3.57. The zero-order valence-electron chi connectivity index (χ0n) is 16.3. The predicted molar refractivity (Wildman–Crippen MR) is 113 cm³/mol. The van der Waals surface area contributed by atoms with Crippen LogP contribution in [0.15, 0.2) is 50.4 Å². The number of nitrogens with one attached hydrogen (secondary N) is 3. The van der Waals surface area contributed by atoms with Crippen molar-refractivity contribution in [2.75, 3.05) is 18.4 Å².